The molecular formula is C19H16FN5O4S. The van der Waals surface area contributed by atoms with E-state index in [0.717, 1.165) is 11.3 Å². The van der Waals surface area contributed by atoms with E-state index in [1.807, 2.05) is 0 Å². The normalized spacial score (nSPS) is 11.7. The molecule has 30 heavy (non-hydrogen) atoms. The van der Waals surface area contributed by atoms with Crippen LogP contribution in [0.2, 0.25) is 0 Å². The number of aromatic nitrogens is 1. The van der Waals surface area contributed by atoms with E-state index in [2.05, 4.69) is 4.98 Å². The molecule has 9 nitrogen and oxygen atoms in total. The van der Waals surface area contributed by atoms with Gasteiger partial charge >= 0.3 is 0 Å². The Labute approximate surface area is 173 Å². The number of non-ortho nitro benzene ring substituents is 1. The van der Waals surface area contributed by atoms with E-state index in [0.29, 0.717) is 5.69 Å². The summed E-state index contributed by atoms with van der Waals surface area (Å²) in [6.07, 6.45) is 0. The van der Waals surface area contributed by atoms with E-state index in [4.69, 9.17) is 11.5 Å². The Morgan fingerprint density at radius 3 is 2.30 bits per heavy atom. The van der Waals surface area contributed by atoms with Crippen molar-refractivity contribution >= 4 is 45.4 Å². The maximum atomic E-state index is 13.3. The van der Waals surface area contributed by atoms with Gasteiger partial charge in [-0.2, -0.15) is 0 Å². The summed E-state index contributed by atoms with van der Waals surface area (Å²) in [4.78, 5) is 40.6. The number of ketones is 1. The summed E-state index contributed by atoms with van der Waals surface area (Å²) >= 11 is 0.931. The van der Waals surface area contributed by atoms with Gasteiger partial charge in [-0.05, 0) is 43.3 Å². The quantitative estimate of drug-likeness (QED) is 0.333. The molecule has 11 heteroatoms. The minimum absolute atomic E-state index is 0.0675. The van der Waals surface area contributed by atoms with Crippen LogP contribution in [0.5, 0.6) is 0 Å². The van der Waals surface area contributed by atoms with Crippen LogP contribution in [-0.2, 0) is 4.79 Å². The highest BCUT2D eigenvalue weighted by atomic mass is 32.1. The number of nitro groups is 1. The van der Waals surface area contributed by atoms with Crippen LogP contribution < -0.4 is 16.4 Å². The van der Waals surface area contributed by atoms with Gasteiger partial charge in [0, 0.05) is 23.4 Å². The Balaban J connectivity index is 2.00. The number of primary amides is 1. The average Bonchev–Trinajstić information content (AvgIpc) is 3.10. The highest BCUT2D eigenvalue weighted by Crippen LogP contribution is 2.36. The summed E-state index contributed by atoms with van der Waals surface area (Å²) in [7, 11) is 0. The Morgan fingerprint density at radius 2 is 1.77 bits per heavy atom. The number of hydrogen-bond acceptors (Lipinski definition) is 8. The largest absolute Gasteiger partial charge is 0.382 e. The van der Waals surface area contributed by atoms with Gasteiger partial charge < -0.3 is 16.4 Å². The smallest absolute Gasteiger partial charge is 0.269 e. The van der Waals surface area contributed by atoms with Crippen LogP contribution >= 0.6 is 11.3 Å². The second-order valence-electron chi connectivity index (χ2n) is 6.27. The highest BCUT2D eigenvalue weighted by molar-refractivity contribution is 7.18. The first-order valence-electron chi connectivity index (χ1n) is 8.58. The molecule has 0 aliphatic carbocycles. The predicted octanol–water partition coefficient (Wildman–Crippen LogP) is 3.02. The van der Waals surface area contributed by atoms with Crippen LogP contribution in [0.3, 0.4) is 0 Å². The van der Waals surface area contributed by atoms with Gasteiger partial charge in [0.1, 0.15) is 22.6 Å². The van der Waals surface area contributed by atoms with Crippen molar-refractivity contribution in [1.29, 1.82) is 0 Å². The number of thiazole rings is 1. The SMILES string of the molecule is CC(C(N)=O)N(c1ccc(F)cc1)c1nc(N)c(C(=O)c2ccc([N+](=O)[O-])cc2)s1. The summed E-state index contributed by atoms with van der Waals surface area (Å²) in [6.45, 7) is 1.54. The molecule has 1 heterocycles. The zero-order valence-electron chi connectivity index (χ0n) is 15.6. The first-order chi connectivity index (χ1) is 14.2. The molecule has 3 rings (SSSR count). The molecule has 4 N–H and O–H groups in total. The Kier molecular flexibility index (Phi) is 5.74. The third kappa shape index (κ3) is 4.10. The van der Waals surface area contributed by atoms with Crippen LogP contribution in [0, 0.1) is 15.9 Å². The zero-order chi connectivity index (χ0) is 22.0. The molecule has 0 aliphatic heterocycles. The van der Waals surface area contributed by atoms with Crippen molar-refractivity contribution in [3.05, 3.63) is 74.9 Å². The lowest BCUT2D eigenvalue weighted by Gasteiger charge is -2.26. The molecule has 0 bridgehead atoms. The van der Waals surface area contributed by atoms with Crippen molar-refractivity contribution < 1.29 is 18.9 Å². The average molecular weight is 429 g/mol. The van der Waals surface area contributed by atoms with Crippen LogP contribution in [-0.4, -0.2) is 27.6 Å². The van der Waals surface area contributed by atoms with Gasteiger partial charge in [0.2, 0.25) is 11.7 Å². The molecule has 154 valence electrons. The third-order valence-electron chi connectivity index (χ3n) is 4.30. The fourth-order valence-corrected chi connectivity index (χ4v) is 3.73. The molecule has 0 saturated carbocycles. The molecule has 1 amide bonds. The first kappa shape index (κ1) is 20.9. The number of nitrogen functional groups attached to an aromatic ring is 1. The van der Waals surface area contributed by atoms with E-state index in [9.17, 15) is 24.1 Å². The number of anilines is 3. The van der Waals surface area contributed by atoms with Crippen LogP contribution in [0.1, 0.15) is 22.2 Å². The number of carbonyl (C=O) groups is 2. The molecule has 0 saturated heterocycles. The summed E-state index contributed by atoms with van der Waals surface area (Å²) < 4.78 is 13.3. The topological polar surface area (TPSA) is 145 Å². The molecule has 0 aliphatic rings. The van der Waals surface area contributed by atoms with Crippen LogP contribution in [0.4, 0.5) is 26.7 Å². The molecule has 1 unspecified atom stereocenters. The van der Waals surface area contributed by atoms with Crippen molar-refractivity contribution in [2.24, 2.45) is 5.73 Å². The fourth-order valence-electron chi connectivity index (χ4n) is 2.68. The summed E-state index contributed by atoms with van der Waals surface area (Å²) in [6, 6.07) is 9.55. The minimum atomic E-state index is -0.858. The van der Waals surface area contributed by atoms with E-state index in [1.54, 1.807) is 6.92 Å². The van der Waals surface area contributed by atoms with Crippen LogP contribution in [0.25, 0.3) is 0 Å². The summed E-state index contributed by atoms with van der Waals surface area (Å²) in [5.74, 6) is -1.66. The molecule has 0 spiro atoms. The molecule has 2 aromatic carbocycles. The molecule has 1 aromatic heterocycles. The van der Waals surface area contributed by atoms with Gasteiger partial charge in [0.05, 0.1) is 4.92 Å². The van der Waals surface area contributed by atoms with E-state index >= 15 is 0 Å². The number of carbonyl (C=O) groups excluding carboxylic acids is 2. The molecule has 0 fully saturated rings. The number of amides is 1. The Bertz CT molecular complexity index is 1110. The fraction of sp³-hybridized carbons (Fsp3) is 0.105. The monoisotopic (exact) mass is 429 g/mol. The predicted molar refractivity (Wildman–Crippen MR) is 110 cm³/mol. The number of halogens is 1. The number of rotatable bonds is 7. The summed E-state index contributed by atoms with van der Waals surface area (Å²) in [5.41, 5.74) is 11.9. The van der Waals surface area contributed by atoms with E-state index < -0.39 is 28.5 Å². The second-order valence-corrected chi connectivity index (χ2v) is 7.25. The zero-order valence-corrected chi connectivity index (χ0v) is 16.4. The van der Waals surface area contributed by atoms with Crippen molar-refractivity contribution in [3.8, 4) is 0 Å². The standard InChI is InChI=1S/C19H16FN5O4S/c1-10(18(22)27)24(13-8-4-12(20)5-9-13)19-23-17(21)16(30-19)15(26)11-2-6-14(7-3-11)25(28)29/h2-10H,21H2,1H3,(H2,22,27). The van der Waals surface area contributed by atoms with Gasteiger partial charge in [0.25, 0.3) is 5.69 Å². The van der Waals surface area contributed by atoms with E-state index in [-0.39, 0.29) is 27.1 Å². The van der Waals surface area contributed by atoms with Gasteiger partial charge in [-0.25, -0.2) is 9.37 Å². The number of benzene rings is 2. The number of nitrogens with two attached hydrogens (primary N) is 2. The number of nitrogens with zero attached hydrogens (tertiary/aromatic N) is 3. The maximum absolute atomic E-state index is 13.3. The lowest BCUT2D eigenvalue weighted by atomic mass is 10.1. The van der Waals surface area contributed by atoms with E-state index in [1.165, 1.54) is 53.4 Å². The first-order valence-corrected chi connectivity index (χ1v) is 9.40. The Morgan fingerprint density at radius 1 is 1.17 bits per heavy atom. The number of nitro benzene ring substituents is 1. The van der Waals surface area contributed by atoms with Gasteiger partial charge in [-0.3, -0.25) is 19.7 Å². The highest BCUT2D eigenvalue weighted by Gasteiger charge is 2.27. The molecule has 0 radical (unpaired) electrons. The van der Waals surface area contributed by atoms with Crippen LogP contribution in [0.15, 0.2) is 48.5 Å². The van der Waals surface area contributed by atoms with Gasteiger partial charge in [-0.15, -0.1) is 0 Å². The maximum Gasteiger partial charge on any atom is 0.269 e. The van der Waals surface area contributed by atoms with Crippen molar-refractivity contribution in [2.45, 2.75) is 13.0 Å². The lowest BCUT2D eigenvalue weighted by Crippen LogP contribution is -2.39. The second kappa shape index (κ2) is 8.25. The van der Waals surface area contributed by atoms with Crippen molar-refractivity contribution in [1.82, 2.24) is 4.98 Å². The Hall–Kier alpha value is -3.86. The van der Waals surface area contributed by atoms with Crippen molar-refractivity contribution in [2.75, 3.05) is 10.6 Å². The lowest BCUT2D eigenvalue weighted by molar-refractivity contribution is -0.384. The molecule has 3 aromatic rings. The third-order valence-corrected chi connectivity index (χ3v) is 5.37. The number of hydrogen-bond donors (Lipinski definition) is 2. The molecule has 1 atom stereocenters. The van der Waals surface area contributed by atoms with Gasteiger partial charge in [-0.1, -0.05) is 11.3 Å². The van der Waals surface area contributed by atoms with Crippen molar-refractivity contribution in [3.63, 3.8) is 0 Å². The minimum Gasteiger partial charge on any atom is -0.382 e. The molecular weight excluding hydrogens is 413 g/mol. The van der Waals surface area contributed by atoms with Gasteiger partial charge in [0.15, 0.2) is 5.13 Å². The summed E-state index contributed by atoms with van der Waals surface area (Å²) in [5, 5.41) is 11.0.